The molecule has 30 heavy (non-hydrogen) atoms. The molecule has 5 nitrogen and oxygen atoms in total. The van der Waals surface area contributed by atoms with E-state index >= 15 is 0 Å². The summed E-state index contributed by atoms with van der Waals surface area (Å²) in [5, 5.41) is 33.1. The summed E-state index contributed by atoms with van der Waals surface area (Å²) in [7, 11) is 1.44. The van der Waals surface area contributed by atoms with Crippen molar-refractivity contribution in [1.82, 2.24) is 0 Å². The van der Waals surface area contributed by atoms with E-state index in [-0.39, 0.29) is 41.0 Å². The molecular formula is C25H42O5. The summed E-state index contributed by atoms with van der Waals surface area (Å²) in [5.41, 5.74) is -0.0882. The van der Waals surface area contributed by atoms with Crippen LogP contribution >= 0.6 is 0 Å². The lowest BCUT2D eigenvalue weighted by Gasteiger charge is -2.63. The molecule has 0 spiro atoms. The molecule has 172 valence electrons. The fraction of sp³-hybridized carbons (Fsp3) is 0.960. The van der Waals surface area contributed by atoms with Gasteiger partial charge in [0.25, 0.3) is 0 Å². The first-order chi connectivity index (χ1) is 14.1. The van der Waals surface area contributed by atoms with Gasteiger partial charge in [-0.1, -0.05) is 20.8 Å². The van der Waals surface area contributed by atoms with Crippen LogP contribution in [0.2, 0.25) is 0 Å². The molecule has 3 N–H and O–H groups in total. The minimum atomic E-state index is -0.369. The number of carbonyl (C=O) groups is 1. The van der Waals surface area contributed by atoms with E-state index in [1.165, 1.54) is 7.11 Å². The molecule has 0 aliphatic heterocycles. The number of hydrogen-bond donors (Lipinski definition) is 3. The summed E-state index contributed by atoms with van der Waals surface area (Å²) in [5.74, 6) is 1.81. The standard InChI is InChI=1S/C25H42O5/c1-14(5-8-22(29)30-4)17-6-7-18-23-19(13-21(28)25(17,18)3)24(2)10-9-16(26)11-15(24)12-20(23)27/h14-21,23,26-28H,5-13H2,1-4H3/t14-,15-,16-,17-,18+,19+,20-,21+,23?,24+,25-/m1/s1. The molecule has 4 aliphatic rings. The average Bonchev–Trinajstić information content (AvgIpc) is 3.06. The summed E-state index contributed by atoms with van der Waals surface area (Å²) < 4.78 is 4.83. The van der Waals surface area contributed by atoms with Gasteiger partial charge in [-0.05, 0) is 97.7 Å². The Hall–Kier alpha value is -0.650. The van der Waals surface area contributed by atoms with Gasteiger partial charge in [0.1, 0.15) is 0 Å². The molecule has 5 heteroatoms. The summed E-state index contributed by atoms with van der Waals surface area (Å²) in [6.45, 7) is 6.85. The summed E-state index contributed by atoms with van der Waals surface area (Å²) in [6.07, 6.45) is 6.60. The second-order valence-corrected chi connectivity index (χ2v) is 11.6. The van der Waals surface area contributed by atoms with Crippen molar-refractivity contribution < 1.29 is 24.9 Å². The topological polar surface area (TPSA) is 87.0 Å². The smallest absolute Gasteiger partial charge is 0.305 e. The lowest BCUT2D eigenvalue weighted by molar-refractivity contribution is -0.207. The molecule has 4 rings (SSSR count). The summed E-state index contributed by atoms with van der Waals surface area (Å²) in [6, 6.07) is 0. The molecule has 0 bridgehead atoms. The molecule has 0 radical (unpaired) electrons. The normalized spacial score (nSPS) is 51.4. The largest absolute Gasteiger partial charge is 0.469 e. The molecule has 0 aromatic rings. The van der Waals surface area contributed by atoms with Gasteiger partial charge in [0.2, 0.25) is 0 Å². The van der Waals surface area contributed by atoms with Crippen molar-refractivity contribution in [2.75, 3.05) is 7.11 Å². The highest BCUT2D eigenvalue weighted by atomic mass is 16.5. The third-order valence-electron chi connectivity index (χ3n) is 10.6. The molecule has 4 fully saturated rings. The molecule has 11 atom stereocenters. The van der Waals surface area contributed by atoms with E-state index in [2.05, 4.69) is 20.8 Å². The third kappa shape index (κ3) is 3.34. The van der Waals surface area contributed by atoms with E-state index in [0.717, 1.165) is 51.4 Å². The lowest BCUT2D eigenvalue weighted by atomic mass is 9.43. The highest BCUT2D eigenvalue weighted by Crippen LogP contribution is 2.68. The van der Waals surface area contributed by atoms with Gasteiger partial charge in [0, 0.05) is 6.42 Å². The Morgan fingerprint density at radius 2 is 1.80 bits per heavy atom. The van der Waals surface area contributed by atoms with Gasteiger partial charge in [-0.2, -0.15) is 0 Å². The van der Waals surface area contributed by atoms with Gasteiger partial charge in [0.15, 0.2) is 0 Å². The van der Waals surface area contributed by atoms with Crippen LogP contribution in [0.5, 0.6) is 0 Å². The number of fused-ring (bicyclic) bond motifs is 5. The average molecular weight is 423 g/mol. The van der Waals surface area contributed by atoms with Crippen LogP contribution in [-0.2, 0) is 9.53 Å². The van der Waals surface area contributed by atoms with E-state index in [0.29, 0.717) is 36.0 Å². The highest BCUT2D eigenvalue weighted by molar-refractivity contribution is 5.69. The molecule has 0 heterocycles. The van der Waals surface area contributed by atoms with Crippen LogP contribution in [0.25, 0.3) is 0 Å². The van der Waals surface area contributed by atoms with E-state index in [4.69, 9.17) is 4.74 Å². The lowest BCUT2D eigenvalue weighted by Crippen LogP contribution is -2.62. The summed E-state index contributed by atoms with van der Waals surface area (Å²) >= 11 is 0. The number of rotatable bonds is 4. The number of ether oxygens (including phenoxy) is 1. The van der Waals surface area contributed by atoms with Gasteiger partial charge in [-0.25, -0.2) is 0 Å². The van der Waals surface area contributed by atoms with Crippen molar-refractivity contribution in [2.45, 2.75) is 96.9 Å². The predicted molar refractivity (Wildman–Crippen MR) is 114 cm³/mol. The molecule has 1 unspecified atom stereocenters. The van der Waals surface area contributed by atoms with Crippen molar-refractivity contribution in [1.29, 1.82) is 0 Å². The van der Waals surface area contributed by atoms with Crippen LogP contribution in [0, 0.1) is 46.3 Å². The Morgan fingerprint density at radius 1 is 1.07 bits per heavy atom. The Labute approximate surface area is 181 Å². The molecule has 0 saturated heterocycles. The maximum Gasteiger partial charge on any atom is 0.305 e. The maximum absolute atomic E-state index is 11.7. The van der Waals surface area contributed by atoms with Crippen LogP contribution in [0.4, 0.5) is 0 Å². The Kier molecular flexibility index (Phi) is 6.04. The summed E-state index contributed by atoms with van der Waals surface area (Å²) in [4.78, 5) is 11.7. The van der Waals surface area contributed by atoms with Crippen molar-refractivity contribution in [3.63, 3.8) is 0 Å². The fourth-order valence-electron chi connectivity index (χ4n) is 8.78. The van der Waals surface area contributed by atoms with E-state index in [1.807, 2.05) is 0 Å². The number of esters is 1. The van der Waals surface area contributed by atoms with Crippen molar-refractivity contribution in [3.8, 4) is 0 Å². The van der Waals surface area contributed by atoms with Crippen molar-refractivity contribution in [3.05, 3.63) is 0 Å². The van der Waals surface area contributed by atoms with Crippen LogP contribution in [0.1, 0.15) is 78.6 Å². The van der Waals surface area contributed by atoms with Crippen LogP contribution < -0.4 is 0 Å². The number of hydrogen-bond acceptors (Lipinski definition) is 5. The van der Waals surface area contributed by atoms with Gasteiger partial charge in [0.05, 0.1) is 25.4 Å². The van der Waals surface area contributed by atoms with Crippen molar-refractivity contribution in [2.24, 2.45) is 46.3 Å². The van der Waals surface area contributed by atoms with Crippen molar-refractivity contribution >= 4 is 5.97 Å². The van der Waals surface area contributed by atoms with Crippen LogP contribution in [0.15, 0.2) is 0 Å². The predicted octanol–water partition coefficient (Wildman–Crippen LogP) is 3.54. The first-order valence-corrected chi connectivity index (χ1v) is 12.2. The number of aliphatic hydroxyl groups is 3. The first-order valence-electron chi connectivity index (χ1n) is 12.2. The second kappa shape index (κ2) is 8.04. The van der Waals surface area contributed by atoms with Gasteiger partial charge >= 0.3 is 5.97 Å². The Morgan fingerprint density at radius 3 is 2.50 bits per heavy atom. The molecule has 0 aromatic heterocycles. The highest BCUT2D eigenvalue weighted by Gasteiger charge is 2.65. The zero-order chi connectivity index (χ0) is 21.8. The Bertz CT molecular complexity index is 651. The molecule has 0 amide bonds. The molecule has 4 aliphatic carbocycles. The van der Waals surface area contributed by atoms with Gasteiger partial charge in [-0.15, -0.1) is 0 Å². The number of aliphatic hydroxyl groups excluding tert-OH is 3. The SMILES string of the molecule is COC(=O)CC[C@@H](C)[C@H]1CC[C@H]2C3[C@H](O)C[C@H]4C[C@H](O)CC[C@]4(C)[C@H]3C[C@H](O)[C@]12C. The van der Waals surface area contributed by atoms with Crippen LogP contribution in [-0.4, -0.2) is 46.7 Å². The number of carbonyl (C=O) groups excluding carboxylic acids is 1. The minimum absolute atomic E-state index is 0.111. The van der Waals surface area contributed by atoms with Crippen LogP contribution in [0.3, 0.4) is 0 Å². The molecular weight excluding hydrogens is 380 g/mol. The van der Waals surface area contributed by atoms with Gasteiger partial charge < -0.3 is 20.1 Å². The molecule has 4 saturated carbocycles. The fourth-order valence-corrected chi connectivity index (χ4v) is 8.78. The minimum Gasteiger partial charge on any atom is -0.469 e. The van der Waals surface area contributed by atoms with E-state index in [9.17, 15) is 20.1 Å². The Balaban J connectivity index is 1.58. The third-order valence-corrected chi connectivity index (χ3v) is 10.6. The zero-order valence-electron chi connectivity index (χ0n) is 19.2. The van der Waals surface area contributed by atoms with E-state index < -0.39 is 0 Å². The first kappa shape index (κ1) is 22.5. The maximum atomic E-state index is 11.7. The quantitative estimate of drug-likeness (QED) is 0.603. The second-order valence-electron chi connectivity index (χ2n) is 11.6. The number of methoxy groups -OCH3 is 1. The molecule has 0 aromatic carbocycles. The zero-order valence-corrected chi connectivity index (χ0v) is 19.2. The van der Waals surface area contributed by atoms with E-state index in [1.54, 1.807) is 0 Å². The van der Waals surface area contributed by atoms with Gasteiger partial charge in [-0.3, -0.25) is 4.79 Å². The monoisotopic (exact) mass is 422 g/mol.